The number of hydrogen-bond donors (Lipinski definition) is 1. The maximum Gasteiger partial charge on any atom is 0.0394 e. The molecule has 0 radical (unpaired) electrons. The van der Waals surface area contributed by atoms with Crippen LogP contribution in [0.3, 0.4) is 0 Å². The summed E-state index contributed by atoms with van der Waals surface area (Å²) in [7, 11) is 6.15. The minimum absolute atomic E-state index is 0. The first-order valence-corrected chi connectivity index (χ1v) is 6.37. The normalized spacial score (nSPS) is 9.12. The maximum atomic E-state index is 3.16. The van der Waals surface area contributed by atoms with E-state index >= 15 is 0 Å². The van der Waals surface area contributed by atoms with Gasteiger partial charge in [0.05, 0.1) is 0 Å². The number of nitrogens with zero attached hydrogens (tertiary/aromatic N) is 1. The summed E-state index contributed by atoms with van der Waals surface area (Å²) < 4.78 is 0. The summed E-state index contributed by atoms with van der Waals surface area (Å²) in [4.78, 5) is 2.16. The van der Waals surface area contributed by atoms with Crippen molar-refractivity contribution >= 4 is 5.69 Å². The van der Waals surface area contributed by atoms with Gasteiger partial charge in [-0.2, -0.15) is 6.08 Å². The van der Waals surface area contributed by atoms with Crippen LogP contribution in [0, 0.1) is 43.2 Å². The van der Waals surface area contributed by atoms with Crippen molar-refractivity contribution in [2.45, 2.75) is 12.8 Å². The molecular weight excluding hydrogens is 328 g/mol. The summed E-state index contributed by atoms with van der Waals surface area (Å²) in [5, 5.41) is 3.16. The fourth-order valence-electron chi connectivity index (χ4n) is 1.76. The number of rotatable bonds is 4. The van der Waals surface area contributed by atoms with Crippen molar-refractivity contribution in [2.75, 3.05) is 32.6 Å². The second-order valence-electron chi connectivity index (χ2n) is 4.38. The number of allylic oxidation sites excluding steroid dienone is 4. The van der Waals surface area contributed by atoms with Gasteiger partial charge in [-0.05, 0) is 31.6 Å². The van der Waals surface area contributed by atoms with E-state index in [9.17, 15) is 0 Å². The molecule has 0 atom stereocenters. The Bertz CT molecular complexity index is 389. The molecule has 1 aliphatic carbocycles. The molecular formula is C21H38N2Ti-6. The van der Waals surface area contributed by atoms with Gasteiger partial charge in [0.15, 0.2) is 0 Å². The molecule has 24 heavy (non-hydrogen) atoms. The van der Waals surface area contributed by atoms with E-state index in [2.05, 4.69) is 60.7 Å². The van der Waals surface area contributed by atoms with Gasteiger partial charge >= 0.3 is 0 Å². The first kappa shape index (κ1) is 38.6. The zero-order chi connectivity index (χ0) is 13.2. The van der Waals surface area contributed by atoms with Gasteiger partial charge in [0.2, 0.25) is 0 Å². The quantitative estimate of drug-likeness (QED) is 0.591. The van der Waals surface area contributed by atoms with Crippen molar-refractivity contribution in [1.82, 2.24) is 5.32 Å². The monoisotopic (exact) mass is 366 g/mol. The Morgan fingerprint density at radius 1 is 1.04 bits per heavy atom. The second-order valence-corrected chi connectivity index (χ2v) is 4.38. The Morgan fingerprint density at radius 2 is 1.62 bits per heavy atom. The molecule has 1 N–H and O–H groups in total. The van der Waals surface area contributed by atoms with Crippen LogP contribution in [0.25, 0.3) is 0 Å². The average Bonchev–Trinajstić information content (AvgIpc) is 2.95. The molecule has 1 aromatic carbocycles. The van der Waals surface area contributed by atoms with Crippen LogP contribution in [0.2, 0.25) is 0 Å². The topological polar surface area (TPSA) is 15.3 Å². The summed E-state index contributed by atoms with van der Waals surface area (Å²) >= 11 is 0. The van der Waals surface area contributed by atoms with E-state index in [-0.39, 0.29) is 58.9 Å². The van der Waals surface area contributed by atoms with Crippen LogP contribution in [-0.4, -0.2) is 27.7 Å². The number of benzene rings is 1. The molecule has 0 saturated carbocycles. The van der Waals surface area contributed by atoms with Gasteiger partial charge in [0.25, 0.3) is 0 Å². The number of nitrogens with one attached hydrogen (secondary N) is 1. The Labute approximate surface area is 169 Å². The molecule has 2 nitrogen and oxygen atoms in total. The van der Waals surface area contributed by atoms with E-state index in [4.69, 9.17) is 0 Å². The molecule has 142 valence electrons. The number of hydrogen-bond acceptors (Lipinski definition) is 2. The smallest absolute Gasteiger partial charge is 0.0394 e. The predicted octanol–water partition coefficient (Wildman–Crippen LogP) is 5.07. The molecule has 0 aromatic heterocycles. The van der Waals surface area contributed by atoms with Gasteiger partial charge in [0, 0.05) is 41.5 Å². The molecule has 0 fully saturated rings. The third-order valence-electron chi connectivity index (χ3n) is 2.70. The van der Waals surface area contributed by atoms with E-state index in [0.29, 0.717) is 0 Å². The van der Waals surface area contributed by atoms with Crippen LogP contribution in [0.5, 0.6) is 0 Å². The van der Waals surface area contributed by atoms with Gasteiger partial charge in [-0.15, -0.1) is 6.42 Å². The van der Waals surface area contributed by atoms with Gasteiger partial charge in [-0.1, -0.05) is 18.2 Å². The Kier molecular flexibility index (Phi) is 39.3. The predicted molar refractivity (Wildman–Crippen MR) is 112 cm³/mol. The van der Waals surface area contributed by atoms with Gasteiger partial charge in [-0.25, -0.2) is 12.2 Å². The van der Waals surface area contributed by atoms with E-state index in [1.54, 1.807) is 0 Å². The zero-order valence-electron chi connectivity index (χ0n) is 17.1. The number of anilines is 1. The molecule has 0 saturated heterocycles. The Morgan fingerprint density at radius 3 is 2.00 bits per heavy atom. The van der Waals surface area contributed by atoms with Crippen molar-refractivity contribution in [1.29, 1.82) is 0 Å². The van der Waals surface area contributed by atoms with E-state index in [1.165, 1.54) is 11.3 Å². The van der Waals surface area contributed by atoms with Crippen LogP contribution in [0.4, 0.5) is 5.69 Å². The van der Waals surface area contributed by atoms with Crippen LogP contribution in [0.1, 0.15) is 12.0 Å². The molecule has 0 amide bonds. The van der Waals surface area contributed by atoms with Crippen molar-refractivity contribution < 1.29 is 21.7 Å². The van der Waals surface area contributed by atoms with E-state index in [1.807, 2.05) is 19.2 Å². The van der Waals surface area contributed by atoms with Crippen LogP contribution < -0.4 is 10.2 Å². The molecule has 0 bridgehead atoms. The van der Waals surface area contributed by atoms with Crippen LogP contribution in [-0.2, 0) is 28.1 Å². The number of para-hydroxylation sites is 1. The fourth-order valence-corrected chi connectivity index (χ4v) is 1.76. The molecule has 0 heterocycles. The minimum atomic E-state index is 0. The second kappa shape index (κ2) is 24.4. The molecule has 0 unspecified atom stereocenters. The van der Waals surface area contributed by atoms with Crippen LogP contribution in [0.15, 0.2) is 42.5 Å². The molecule has 1 aliphatic rings. The largest absolute Gasteiger partial charge is 0.377 e. The third-order valence-corrected chi connectivity index (χ3v) is 2.70. The maximum absolute atomic E-state index is 3.16. The third kappa shape index (κ3) is 16.0. The number of likely N-dealkylation sites (N-methyl/N-ethyl adjacent to an activating group) is 1. The first-order chi connectivity index (χ1) is 8.75. The molecule has 2 rings (SSSR count). The standard InChI is InChI=1S/C11H18N2.C5H5.5CH3.Ti/c1-12-9-8-10-6-4-5-7-11(10)13(2)3;1-2-4-5-3-1;;;;;;/h4-7,12H,8-9H2,1-3H3;1-3H,4H2;5*1H3;/q;6*-1;. The minimum Gasteiger partial charge on any atom is -0.377 e. The molecule has 0 spiro atoms. The average molecular weight is 366 g/mol. The first-order valence-electron chi connectivity index (χ1n) is 6.37. The summed E-state index contributed by atoms with van der Waals surface area (Å²) in [6.45, 7) is 1.03. The zero-order valence-corrected chi connectivity index (χ0v) is 18.7. The van der Waals surface area contributed by atoms with Crippen LogP contribution >= 0.6 is 0 Å². The summed E-state index contributed by atoms with van der Waals surface area (Å²) in [5.74, 6) is 0. The van der Waals surface area contributed by atoms with Crippen molar-refractivity contribution in [2.24, 2.45) is 0 Å². The van der Waals surface area contributed by atoms with E-state index < -0.39 is 0 Å². The van der Waals surface area contributed by atoms with Crippen molar-refractivity contribution in [3.05, 3.63) is 91.3 Å². The van der Waals surface area contributed by atoms with Gasteiger partial charge in [-0.3, -0.25) is 6.08 Å². The SMILES string of the molecule is CNCCc1ccccc1N(C)C.[C-]1=CC=CC1.[CH3-].[CH3-].[CH3-].[CH3-].[CH3-].[Ti]. The summed E-state index contributed by atoms with van der Waals surface area (Å²) in [6.07, 6.45) is 11.1. The summed E-state index contributed by atoms with van der Waals surface area (Å²) in [5.41, 5.74) is 2.72. The molecule has 1 aromatic rings. The van der Waals surface area contributed by atoms with E-state index in [0.717, 1.165) is 19.4 Å². The van der Waals surface area contributed by atoms with Gasteiger partial charge in [0.1, 0.15) is 0 Å². The Hall–Kier alpha value is -0.826. The molecule has 3 heteroatoms. The molecule has 0 aliphatic heterocycles. The van der Waals surface area contributed by atoms with Gasteiger partial charge < -0.3 is 47.3 Å². The van der Waals surface area contributed by atoms with Crippen molar-refractivity contribution in [3.63, 3.8) is 0 Å². The fraction of sp³-hybridized carbons (Fsp3) is 0.286. The Balaban J connectivity index is -0.0000000650. The summed E-state index contributed by atoms with van der Waals surface area (Å²) in [6, 6.07) is 8.52. The van der Waals surface area contributed by atoms with Crippen molar-refractivity contribution in [3.8, 4) is 0 Å².